The monoisotopic (exact) mass is 278 g/mol. The van der Waals surface area contributed by atoms with E-state index in [4.69, 9.17) is 9.72 Å². The maximum atomic E-state index is 5.84. The minimum absolute atomic E-state index is 0.494. The van der Waals surface area contributed by atoms with Crippen molar-refractivity contribution in [2.24, 2.45) is 5.92 Å². The van der Waals surface area contributed by atoms with Gasteiger partial charge in [0.25, 0.3) is 0 Å². The van der Waals surface area contributed by atoms with Gasteiger partial charge in [0, 0.05) is 50.3 Å². The number of aromatic nitrogens is 2. The molecule has 20 heavy (non-hydrogen) atoms. The maximum absolute atomic E-state index is 5.84. The van der Waals surface area contributed by atoms with Gasteiger partial charge in [-0.15, -0.1) is 0 Å². The van der Waals surface area contributed by atoms with Gasteiger partial charge >= 0.3 is 0 Å². The van der Waals surface area contributed by atoms with E-state index in [1.54, 1.807) is 0 Å². The lowest BCUT2D eigenvalue weighted by atomic mass is 10.1. The molecule has 2 aliphatic rings. The molecule has 2 saturated heterocycles. The first-order valence-electron chi connectivity index (χ1n) is 7.70. The van der Waals surface area contributed by atoms with Crippen LogP contribution in [0.3, 0.4) is 0 Å². The molecule has 112 valence electrons. The Kier molecular flexibility index (Phi) is 4.10. The molecular weight excluding hydrogens is 252 g/mol. The molecule has 2 atom stereocenters. The van der Waals surface area contributed by atoms with Gasteiger partial charge < -0.3 is 14.6 Å². The normalized spacial score (nSPS) is 28.6. The molecule has 0 spiro atoms. The van der Waals surface area contributed by atoms with E-state index in [0.29, 0.717) is 12.0 Å². The largest absolute Gasteiger partial charge is 0.379 e. The number of H-pyrrole nitrogens is 1. The van der Waals surface area contributed by atoms with E-state index in [2.05, 4.69) is 35.7 Å². The average Bonchev–Trinajstić information content (AvgIpc) is 2.55. The highest BCUT2D eigenvalue weighted by molar-refractivity contribution is 5.13. The zero-order chi connectivity index (χ0) is 14.1. The third-order valence-corrected chi connectivity index (χ3v) is 4.49. The summed E-state index contributed by atoms with van der Waals surface area (Å²) in [5, 5.41) is 0. The third kappa shape index (κ3) is 2.90. The summed E-state index contributed by atoms with van der Waals surface area (Å²) in [6.45, 7) is 10.3. The molecule has 5 heteroatoms. The molecule has 0 saturated carbocycles. The summed E-state index contributed by atoms with van der Waals surface area (Å²) in [4.78, 5) is 13.1. The van der Waals surface area contributed by atoms with E-state index < -0.39 is 0 Å². The van der Waals surface area contributed by atoms with Crippen LogP contribution in [0.4, 0.5) is 0 Å². The van der Waals surface area contributed by atoms with E-state index in [9.17, 15) is 0 Å². The second kappa shape index (κ2) is 5.84. The van der Waals surface area contributed by atoms with Gasteiger partial charge in [-0.3, -0.25) is 4.90 Å². The van der Waals surface area contributed by atoms with Crippen LogP contribution in [0.15, 0.2) is 0 Å². The van der Waals surface area contributed by atoms with Crippen molar-refractivity contribution < 1.29 is 4.74 Å². The Morgan fingerprint density at radius 3 is 2.90 bits per heavy atom. The van der Waals surface area contributed by atoms with Crippen molar-refractivity contribution in [1.82, 2.24) is 19.8 Å². The second-order valence-corrected chi connectivity index (χ2v) is 6.32. The number of ether oxygens (including phenoxy) is 1. The number of aromatic amines is 1. The molecule has 2 aliphatic heterocycles. The zero-order valence-corrected chi connectivity index (χ0v) is 12.9. The first kappa shape index (κ1) is 14.0. The van der Waals surface area contributed by atoms with Crippen LogP contribution >= 0.6 is 0 Å². The molecule has 1 N–H and O–H groups in total. The van der Waals surface area contributed by atoms with Crippen molar-refractivity contribution in [2.45, 2.75) is 32.9 Å². The van der Waals surface area contributed by atoms with Gasteiger partial charge in [-0.2, -0.15) is 0 Å². The quantitative estimate of drug-likeness (QED) is 0.897. The van der Waals surface area contributed by atoms with Crippen molar-refractivity contribution in [3.05, 3.63) is 17.2 Å². The summed E-state index contributed by atoms with van der Waals surface area (Å²) in [6.07, 6.45) is 0.971. The van der Waals surface area contributed by atoms with Crippen molar-refractivity contribution in [1.29, 1.82) is 0 Å². The summed E-state index contributed by atoms with van der Waals surface area (Å²) in [5.74, 6) is 1.72. The number of nitrogens with zero attached hydrogens (tertiary/aromatic N) is 3. The van der Waals surface area contributed by atoms with Crippen LogP contribution in [0.2, 0.25) is 0 Å². The summed E-state index contributed by atoms with van der Waals surface area (Å²) in [6, 6.07) is 0.494. The predicted molar refractivity (Wildman–Crippen MR) is 78.7 cm³/mol. The van der Waals surface area contributed by atoms with Crippen LogP contribution in [0.25, 0.3) is 0 Å². The minimum atomic E-state index is 0.494. The lowest BCUT2D eigenvalue weighted by Crippen LogP contribution is -2.42. The van der Waals surface area contributed by atoms with Gasteiger partial charge in [-0.25, -0.2) is 4.98 Å². The average molecular weight is 278 g/mol. The van der Waals surface area contributed by atoms with Gasteiger partial charge in [0.15, 0.2) is 0 Å². The zero-order valence-electron chi connectivity index (χ0n) is 12.9. The molecule has 0 radical (unpaired) electrons. The van der Waals surface area contributed by atoms with Crippen LogP contribution in [-0.2, 0) is 17.7 Å². The Hall–Kier alpha value is -0.910. The first-order chi connectivity index (χ1) is 9.65. The van der Waals surface area contributed by atoms with Gasteiger partial charge in [0.05, 0.1) is 18.9 Å². The van der Waals surface area contributed by atoms with Gasteiger partial charge in [0.1, 0.15) is 5.82 Å². The summed E-state index contributed by atoms with van der Waals surface area (Å²) >= 11 is 0. The Labute approximate surface area is 121 Å². The van der Waals surface area contributed by atoms with Gasteiger partial charge in [-0.1, -0.05) is 6.92 Å². The number of likely N-dealkylation sites (N-methyl/N-ethyl adjacent to an activating group) is 1. The van der Waals surface area contributed by atoms with Crippen molar-refractivity contribution in [3.8, 4) is 0 Å². The molecule has 1 aromatic heterocycles. The van der Waals surface area contributed by atoms with Crippen LogP contribution in [0.1, 0.15) is 24.1 Å². The second-order valence-electron chi connectivity index (χ2n) is 6.32. The minimum Gasteiger partial charge on any atom is -0.379 e. The van der Waals surface area contributed by atoms with Crippen LogP contribution in [0.5, 0.6) is 0 Å². The SMILES string of the molecule is CCc1nc(CN2C[C@H]3COC[C@@H]2CN(C)C3)c(C)[nH]1. The maximum Gasteiger partial charge on any atom is 0.106 e. The fraction of sp³-hybridized carbons (Fsp3) is 0.800. The molecule has 5 nitrogen and oxygen atoms in total. The third-order valence-electron chi connectivity index (χ3n) is 4.49. The first-order valence-corrected chi connectivity index (χ1v) is 7.70. The number of hydrogen-bond donors (Lipinski definition) is 1. The summed E-state index contributed by atoms with van der Waals surface area (Å²) in [7, 11) is 2.23. The molecule has 2 bridgehead atoms. The van der Waals surface area contributed by atoms with E-state index in [0.717, 1.165) is 51.6 Å². The van der Waals surface area contributed by atoms with Crippen LogP contribution in [0, 0.1) is 12.8 Å². The predicted octanol–water partition coefficient (Wildman–Crippen LogP) is 1.04. The molecule has 0 aliphatic carbocycles. The number of aryl methyl sites for hydroxylation is 2. The summed E-state index contributed by atoms with van der Waals surface area (Å²) < 4.78 is 5.84. The smallest absolute Gasteiger partial charge is 0.106 e. The van der Waals surface area contributed by atoms with E-state index in [1.807, 2.05) is 0 Å². The van der Waals surface area contributed by atoms with E-state index in [1.165, 1.54) is 11.4 Å². The van der Waals surface area contributed by atoms with Crippen molar-refractivity contribution >= 4 is 0 Å². The fourth-order valence-electron chi connectivity index (χ4n) is 3.43. The molecule has 1 aromatic rings. The number of rotatable bonds is 3. The fourth-order valence-corrected chi connectivity index (χ4v) is 3.43. The molecule has 0 aromatic carbocycles. The molecule has 0 unspecified atom stereocenters. The van der Waals surface area contributed by atoms with Crippen LogP contribution < -0.4 is 0 Å². The van der Waals surface area contributed by atoms with Gasteiger partial charge in [-0.05, 0) is 14.0 Å². The lowest BCUT2D eigenvalue weighted by molar-refractivity contribution is 0.0559. The summed E-state index contributed by atoms with van der Waals surface area (Å²) in [5.41, 5.74) is 2.42. The Morgan fingerprint density at radius 2 is 2.15 bits per heavy atom. The van der Waals surface area contributed by atoms with Crippen LogP contribution in [-0.4, -0.2) is 65.7 Å². The van der Waals surface area contributed by atoms with E-state index in [-0.39, 0.29) is 0 Å². The van der Waals surface area contributed by atoms with Crippen molar-refractivity contribution in [2.75, 3.05) is 39.9 Å². The van der Waals surface area contributed by atoms with E-state index >= 15 is 0 Å². The molecule has 2 fully saturated rings. The highest BCUT2D eigenvalue weighted by Gasteiger charge is 2.32. The number of fused-ring (bicyclic) bond motifs is 3. The molecular formula is C15H26N4O. The van der Waals surface area contributed by atoms with Crippen molar-refractivity contribution in [3.63, 3.8) is 0 Å². The lowest BCUT2D eigenvalue weighted by Gasteiger charge is -2.29. The Bertz CT molecular complexity index is 459. The molecule has 0 amide bonds. The van der Waals surface area contributed by atoms with Gasteiger partial charge in [0.2, 0.25) is 0 Å². The highest BCUT2D eigenvalue weighted by Crippen LogP contribution is 2.21. The highest BCUT2D eigenvalue weighted by atomic mass is 16.5. The molecule has 3 rings (SSSR count). The Balaban J connectivity index is 1.77. The number of imidazole rings is 1. The number of hydrogen-bond acceptors (Lipinski definition) is 4. The number of nitrogens with one attached hydrogen (secondary N) is 1. The Morgan fingerprint density at radius 1 is 1.30 bits per heavy atom. The molecule has 3 heterocycles. The topological polar surface area (TPSA) is 44.4 Å². The standard InChI is InChI=1S/C15H26N4O/c1-4-15-16-11(2)14(17-15)8-19-6-12-5-18(3)7-13(19)10-20-9-12/h12-13H,4-10H2,1-3H3,(H,16,17)/t12-,13-/m0/s1.